The first kappa shape index (κ1) is 41.3. The van der Waals surface area contributed by atoms with Gasteiger partial charge >= 0.3 is 11.9 Å². The Morgan fingerprint density at radius 2 is 1.04 bits per heavy atom. The third-order valence-corrected chi connectivity index (χ3v) is 9.20. The predicted octanol–water partition coefficient (Wildman–Crippen LogP) is 6.87. The minimum atomic E-state index is -1.22. The summed E-state index contributed by atoms with van der Waals surface area (Å²) in [4.78, 5) is 36.5. The zero-order valence-corrected chi connectivity index (χ0v) is 31.9. The Bertz CT molecular complexity index is 1770. The van der Waals surface area contributed by atoms with E-state index >= 15 is 0 Å². The first-order valence-electron chi connectivity index (χ1n) is 18.4. The minimum Gasteiger partial charge on any atom is -0.490 e. The summed E-state index contributed by atoms with van der Waals surface area (Å²) in [5, 5.41) is 20.9. The van der Waals surface area contributed by atoms with Crippen LogP contribution in [-0.4, -0.2) is 102 Å². The summed E-state index contributed by atoms with van der Waals surface area (Å²) >= 11 is 0. The Morgan fingerprint density at radius 1 is 0.564 bits per heavy atom. The second kappa shape index (κ2) is 20.2. The molecule has 0 aliphatic heterocycles. The molecule has 0 spiro atoms. The number of benzene rings is 4. The number of aromatic carboxylic acids is 2. The number of methoxy groups -OCH3 is 1. The first-order chi connectivity index (χ1) is 26.7. The summed E-state index contributed by atoms with van der Waals surface area (Å²) in [6.07, 6.45) is 0.927. The largest absolute Gasteiger partial charge is 0.490 e. The van der Waals surface area contributed by atoms with Crippen molar-refractivity contribution in [3.8, 4) is 22.6 Å². The molecule has 12 heteroatoms. The Kier molecular flexibility index (Phi) is 15.2. The number of carboxylic acid groups (broad SMARTS) is 2. The molecule has 2 N–H and O–H groups in total. The molecule has 0 saturated heterocycles. The molecule has 12 nitrogen and oxygen atoms in total. The molecule has 0 fully saturated rings. The van der Waals surface area contributed by atoms with Crippen LogP contribution in [0.5, 0.6) is 11.5 Å². The van der Waals surface area contributed by atoms with Crippen LogP contribution in [0.3, 0.4) is 0 Å². The van der Waals surface area contributed by atoms with E-state index in [4.69, 9.17) is 38.2 Å². The second-order valence-corrected chi connectivity index (χ2v) is 13.1. The lowest BCUT2D eigenvalue weighted by atomic mass is 9.66. The van der Waals surface area contributed by atoms with Crippen molar-refractivity contribution in [3.63, 3.8) is 0 Å². The number of aryl methyl sites for hydroxylation is 2. The zero-order valence-electron chi connectivity index (χ0n) is 31.9. The van der Waals surface area contributed by atoms with Crippen LogP contribution in [-0.2, 0) is 34.0 Å². The number of carbonyl (C=O) groups is 2. The standard InChI is InChI=1S/C43H50O12/c1-5-14-49-17-18-52-22-24-54-55-40-13-9-32(28-36(40)42(46)47)43(37-25-29(2)6-10-33(37)34-11-7-30(3)26-38(34)43)31-8-12-39(35(27-31)41(44)45)53-23-21-51-20-19-50-16-15-48-4/h6-13,25-28H,5,14-24H2,1-4H3,(H,44,45)(H,46,47). The molecule has 0 unspecified atom stereocenters. The van der Waals surface area contributed by atoms with Gasteiger partial charge in [-0.3, -0.25) is 0 Å². The second-order valence-electron chi connectivity index (χ2n) is 13.1. The normalized spacial score (nSPS) is 12.7. The molecule has 0 bridgehead atoms. The maximum absolute atomic E-state index is 12.8. The lowest BCUT2D eigenvalue weighted by Crippen LogP contribution is -2.30. The average molecular weight is 759 g/mol. The monoisotopic (exact) mass is 758 g/mol. The van der Waals surface area contributed by atoms with E-state index in [-0.39, 0.29) is 49.1 Å². The summed E-state index contributed by atoms with van der Waals surface area (Å²) in [5.74, 6) is -2.19. The topological polar surface area (TPSA) is 148 Å². The summed E-state index contributed by atoms with van der Waals surface area (Å²) in [7, 11) is 1.60. The molecule has 0 saturated carbocycles. The van der Waals surface area contributed by atoms with E-state index in [1.165, 1.54) is 0 Å². The van der Waals surface area contributed by atoms with E-state index in [0.29, 0.717) is 57.4 Å². The van der Waals surface area contributed by atoms with Crippen molar-refractivity contribution in [1.29, 1.82) is 0 Å². The van der Waals surface area contributed by atoms with Gasteiger partial charge in [0.15, 0.2) is 5.75 Å². The Balaban J connectivity index is 1.50. The molecule has 1 aliphatic carbocycles. The molecule has 4 aromatic carbocycles. The number of carboxylic acids is 2. The molecule has 0 atom stereocenters. The summed E-state index contributed by atoms with van der Waals surface area (Å²) in [5.41, 5.74) is 5.62. The highest BCUT2D eigenvalue weighted by atomic mass is 17.2. The summed E-state index contributed by atoms with van der Waals surface area (Å²) in [6.45, 7) is 9.93. The van der Waals surface area contributed by atoms with Gasteiger partial charge in [0.2, 0.25) is 0 Å². The van der Waals surface area contributed by atoms with Gasteiger partial charge in [-0.1, -0.05) is 66.6 Å². The molecule has 0 aromatic heterocycles. The Morgan fingerprint density at radius 3 is 1.56 bits per heavy atom. The molecule has 55 heavy (non-hydrogen) atoms. The van der Waals surface area contributed by atoms with Crippen molar-refractivity contribution in [2.45, 2.75) is 32.6 Å². The SMILES string of the molecule is CCCOCCOCCOOc1ccc(C2(c3ccc(OCCOCCOCCOC)c(C(=O)O)c3)c3cc(C)ccc3-c3ccc(C)cc32)cc1C(=O)O. The third-order valence-electron chi connectivity index (χ3n) is 9.20. The van der Waals surface area contributed by atoms with Gasteiger partial charge in [-0.15, -0.1) is 0 Å². The van der Waals surface area contributed by atoms with Crippen molar-refractivity contribution < 1.29 is 58.0 Å². The molecule has 0 radical (unpaired) electrons. The lowest BCUT2D eigenvalue weighted by Gasteiger charge is -2.35. The highest BCUT2D eigenvalue weighted by molar-refractivity contribution is 5.94. The molecule has 0 heterocycles. The van der Waals surface area contributed by atoms with E-state index in [1.807, 2.05) is 39.0 Å². The van der Waals surface area contributed by atoms with Crippen molar-refractivity contribution in [2.75, 3.05) is 79.8 Å². The van der Waals surface area contributed by atoms with Gasteiger partial charge in [0, 0.05) is 13.7 Å². The van der Waals surface area contributed by atoms with Crippen molar-refractivity contribution in [1.82, 2.24) is 0 Å². The van der Waals surface area contributed by atoms with Gasteiger partial charge in [-0.25, -0.2) is 9.59 Å². The van der Waals surface area contributed by atoms with Crippen LogP contribution in [0.2, 0.25) is 0 Å². The molecule has 0 amide bonds. The fourth-order valence-electron chi connectivity index (χ4n) is 6.74. The maximum atomic E-state index is 12.8. The van der Waals surface area contributed by atoms with Gasteiger partial charge in [-0.05, 0) is 77.9 Å². The Hall–Kier alpha value is -4.82. The summed E-state index contributed by atoms with van der Waals surface area (Å²) in [6, 6.07) is 22.4. The van der Waals surface area contributed by atoms with Gasteiger partial charge in [0.1, 0.15) is 30.1 Å². The average Bonchev–Trinajstić information content (AvgIpc) is 3.45. The van der Waals surface area contributed by atoms with Crippen LogP contribution in [0.1, 0.15) is 67.4 Å². The highest BCUT2D eigenvalue weighted by Crippen LogP contribution is 2.57. The van der Waals surface area contributed by atoms with Gasteiger partial charge in [0.05, 0.1) is 58.3 Å². The number of hydrogen-bond donors (Lipinski definition) is 2. The van der Waals surface area contributed by atoms with Crippen LogP contribution >= 0.6 is 0 Å². The summed E-state index contributed by atoms with van der Waals surface area (Å²) < 4.78 is 32.8. The fraction of sp³-hybridized carbons (Fsp3) is 0.395. The van der Waals surface area contributed by atoms with E-state index in [1.54, 1.807) is 37.4 Å². The number of fused-ring (bicyclic) bond motifs is 3. The number of hydrogen-bond acceptors (Lipinski definition) is 10. The third kappa shape index (κ3) is 9.90. The molecule has 294 valence electrons. The predicted molar refractivity (Wildman–Crippen MR) is 205 cm³/mol. The van der Waals surface area contributed by atoms with Gasteiger partial charge < -0.3 is 43.5 Å². The lowest BCUT2D eigenvalue weighted by molar-refractivity contribution is -0.215. The first-order valence-corrected chi connectivity index (χ1v) is 18.4. The van der Waals surface area contributed by atoms with Crippen molar-refractivity contribution in [2.24, 2.45) is 0 Å². The van der Waals surface area contributed by atoms with Crippen LogP contribution < -0.4 is 9.62 Å². The van der Waals surface area contributed by atoms with Crippen molar-refractivity contribution >= 4 is 11.9 Å². The highest BCUT2D eigenvalue weighted by Gasteiger charge is 2.47. The maximum Gasteiger partial charge on any atom is 0.339 e. The number of ether oxygens (including phenoxy) is 6. The van der Waals surface area contributed by atoms with Crippen LogP contribution in [0.25, 0.3) is 11.1 Å². The van der Waals surface area contributed by atoms with Crippen LogP contribution in [0, 0.1) is 13.8 Å². The van der Waals surface area contributed by atoms with Crippen LogP contribution in [0.15, 0.2) is 72.8 Å². The van der Waals surface area contributed by atoms with Crippen molar-refractivity contribution in [3.05, 3.63) is 117 Å². The zero-order chi connectivity index (χ0) is 39.2. The quantitative estimate of drug-likeness (QED) is 0.0384. The molecule has 5 rings (SSSR count). The minimum absolute atomic E-state index is 0.0170. The van der Waals surface area contributed by atoms with Gasteiger partial charge in [0.25, 0.3) is 0 Å². The van der Waals surface area contributed by atoms with E-state index in [9.17, 15) is 19.8 Å². The molecule has 1 aliphatic rings. The van der Waals surface area contributed by atoms with E-state index in [2.05, 4.69) is 24.3 Å². The molecular formula is C43H50O12. The smallest absolute Gasteiger partial charge is 0.339 e. The van der Waals surface area contributed by atoms with E-state index in [0.717, 1.165) is 39.8 Å². The van der Waals surface area contributed by atoms with E-state index < -0.39 is 17.4 Å². The fourth-order valence-corrected chi connectivity index (χ4v) is 6.74. The Labute approximate surface area is 321 Å². The number of rotatable bonds is 24. The van der Waals surface area contributed by atoms with Crippen LogP contribution in [0.4, 0.5) is 0 Å². The molecular weight excluding hydrogens is 708 g/mol. The molecule has 4 aromatic rings. The van der Waals surface area contributed by atoms with Gasteiger partial charge in [-0.2, -0.15) is 4.89 Å².